The smallest absolute Gasteiger partial charge is 0.305 e. The van der Waals surface area contributed by atoms with E-state index >= 15 is 0 Å². The molecule has 0 bridgehead atoms. The highest BCUT2D eigenvalue weighted by Gasteiger charge is 2.25. The second-order valence-corrected chi connectivity index (χ2v) is 6.78. The van der Waals surface area contributed by atoms with Gasteiger partial charge in [-0.2, -0.15) is 0 Å². The Bertz CT molecular complexity index is 271. The topological polar surface area (TPSA) is 66.8 Å². The normalized spacial score (nSPS) is 13.1. The summed E-state index contributed by atoms with van der Waals surface area (Å²) in [6.45, 7) is 5.08. The third-order valence-corrected chi connectivity index (χ3v) is 3.95. The monoisotopic (exact) mass is 316 g/mol. The molecule has 0 aliphatic carbocycles. The van der Waals surface area contributed by atoms with Crippen molar-refractivity contribution in [1.82, 2.24) is 0 Å². The van der Waals surface area contributed by atoms with Crippen molar-refractivity contribution in [2.45, 2.75) is 103 Å². The van der Waals surface area contributed by atoms with E-state index in [9.17, 15) is 15.0 Å². The van der Waals surface area contributed by atoms with E-state index in [1.807, 2.05) is 0 Å². The van der Waals surface area contributed by atoms with Gasteiger partial charge in [0.2, 0.25) is 0 Å². The van der Waals surface area contributed by atoms with Crippen molar-refractivity contribution in [2.24, 2.45) is 0 Å². The lowest BCUT2D eigenvalue weighted by molar-refractivity contribution is -0.152. The SMILES string of the molecule is CCCCCCCCCCCCC(=O)OCC(O)C(C)(C)O. The van der Waals surface area contributed by atoms with Gasteiger partial charge >= 0.3 is 5.97 Å². The highest BCUT2D eigenvalue weighted by Crippen LogP contribution is 2.12. The molecular weight excluding hydrogens is 280 g/mol. The van der Waals surface area contributed by atoms with E-state index in [2.05, 4.69) is 6.92 Å². The first kappa shape index (κ1) is 21.4. The van der Waals surface area contributed by atoms with Gasteiger partial charge in [-0.1, -0.05) is 64.7 Å². The molecule has 22 heavy (non-hydrogen) atoms. The molecule has 1 unspecified atom stereocenters. The van der Waals surface area contributed by atoms with Crippen LogP contribution in [0.15, 0.2) is 0 Å². The Morgan fingerprint density at radius 1 is 0.955 bits per heavy atom. The molecular formula is C18H36O4. The van der Waals surface area contributed by atoms with E-state index in [1.54, 1.807) is 0 Å². The third-order valence-electron chi connectivity index (χ3n) is 3.95. The van der Waals surface area contributed by atoms with Gasteiger partial charge in [-0.3, -0.25) is 4.79 Å². The summed E-state index contributed by atoms with van der Waals surface area (Å²) in [5, 5.41) is 19.1. The molecule has 0 rings (SSSR count). The second-order valence-electron chi connectivity index (χ2n) is 6.78. The fourth-order valence-corrected chi connectivity index (χ4v) is 2.20. The summed E-state index contributed by atoms with van der Waals surface area (Å²) >= 11 is 0. The van der Waals surface area contributed by atoms with Crippen LogP contribution in [-0.4, -0.2) is 34.5 Å². The van der Waals surface area contributed by atoms with Gasteiger partial charge in [0.25, 0.3) is 0 Å². The van der Waals surface area contributed by atoms with Gasteiger partial charge < -0.3 is 14.9 Å². The molecule has 0 spiro atoms. The first-order valence-electron chi connectivity index (χ1n) is 8.94. The molecule has 0 aromatic heterocycles. The molecule has 1 atom stereocenters. The molecule has 4 heteroatoms. The molecule has 0 aromatic rings. The van der Waals surface area contributed by atoms with Crippen LogP contribution < -0.4 is 0 Å². The molecule has 0 aromatic carbocycles. The molecule has 2 N–H and O–H groups in total. The van der Waals surface area contributed by atoms with Crippen LogP contribution in [-0.2, 0) is 9.53 Å². The molecule has 4 nitrogen and oxygen atoms in total. The summed E-state index contributed by atoms with van der Waals surface area (Å²) in [6, 6.07) is 0. The highest BCUT2D eigenvalue weighted by molar-refractivity contribution is 5.69. The Kier molecular flexibility index (Phi) is 12.5. The third kappa shape index (κ3) is 13.1. The lowest BCUT2D eigenvalue weighted by Gasteiger charge is -2.23. The van der Waals surface area contributed by atoms with Crippen LogP contribution in [0.5, 0.6) is 0 Å². The van der Waals surface area contributed by atoms with Crippen LogP contribution in [0.4, 0.5) is 0 Å². The van der Waals surface area contributed by atoms with E-state index in [0.29, 0.717) is 6.42 Å². The number of aliphatic hydroxyl groups is 2. The van der Waals surface area contributed by atoms with E-state index < -0.39 is 11.7 Å². The minimum absolute atomic E-state index is 0.139. The van der Waals surface area contributed by atoms with Crippen molar-refractivity contribution in [2.75, 3.05) is 6.61 Å². The molecule has 132 valence electrons. The van der Waals surface area contributed by atoms with Crippen LogP contribution >= 0.6 is 0 Å². The summed E-state index contributed by atoms with van der Waals surface area (Å²) in [5.74, 6) is -0.289. The Labute approximate surface area is 136 Å². The lowest BCUT2D eigenvalue weighted by Crippen LogP contribution is -2.39. The zero-order valence-corrected chi connectivity index (χ0v) is 14.8. The summed E-state index contributed by atoms with van der Waals surface area (Å²) < 4.78 is 4.96. The number of esters is 1. The quantitative estimate of drug-likeness (QED) is 0.376. The van der Waals surface area contributed by atoms with Crippen LogP contribution in [0.3, 0.4) is 0 Å². The number of rotatable bonds is 14. The summed E-state index contributed by atoms with van der Waals surface area (Å²) in [4.78, 5) is 11.5. The van der Waals surface area contributed by atoms with E-state index in [-0.39, 0.29) is 12.6 Å². The average molecular weight is 316 g/mol. The largest absolute Gasteiger partial charge is 0.463 e. The number of hydrogen-bond acceptors (Lipinski definition) is 4. The molecule has 0 heterocycles. The predicted octanol–water partition coefficient (Wildman–Crippen LogP) is 3.97. The number of hydrogen-bond donors (Lipinski definition) is 2. The number of ether oxygens (including phenoxy) is 1. The van der Waals surface area contributed by atoms with Gasteiger partial charge in [-0.25, -0.2) is 0 Å². The zero-order chi connectivity index (χ0) is 16.8. The standard InChI is InChI=1S/C18H36O4/c1-4-5-6-7-8-9-10-11-12-13-14-17(20)22-15-16(19)18(2,3)21/h16,19,21H,4-15H2,1-3H3. The lowest BCUT2D eigenvalue weighted by atomic mass is 10.0. The van der Waals surface area contributed by atoms with Gasteiger partial charge in [-0.15, -0.1) is 0 Å². The first-order chi connectivity index (χ1) is 10.4. The maximum atomic E-state index is 11.5. The van der Waals surface area contributed by atoms with Crippen molar-refractivity contribution in [3.8, 4) is 0 Å². The summed E-state index contributed by atoms with van der Waals surface area (Å²) in [6.07, 6.45) is 11.7. The maximum absolute atomic E-state index is 11.5. The molecule has 0 aliphatic rings. The maximum Gasteiger partial charge on any atom is 0.305 e. The van der Waals surface area contributed by atoms with Gasteiger partial charge in [0.1, 0.15) is 12.7 Å². The van der Waals surface area contributed by atoms with Gasteiger partial charge in [0, 0.05) is 6.42 Å². The predicted molar refractivity (Wildman–Crippen MR) is 89.7 cm³/mol. The van der Waals surface area contributed by atoms with E-state index in [1.165, 1.54) is 65.2 Å². The minimum Gasteiger partial charge on any atom is -0.463 e. The molecule has 0 radical (unpaired) electrons. The van der Waals surface area contributed by atoms with Crippen molar-refractivity contribution >= 4 is 5.97 Å². The fourth-order valence-electron chi connectivity index (χ4n) is 2.20. The minimum atomic E-state index is -1.24. The average Bonchev–Trinajstić information content (AvgIpc) is 2.45. The van der Waals surface area contributed by atoms with Crippen LogP contribution in [0.2, 0.25) is 0 Å². The van der Waals surface area contributed by atoms with Gasteiger partial charge in [0.15, 0.2) is 0 Å². The van der Waals surface area contributed by atoms with Crippen molar-refractivity contribution < 1.29 is 19.7 Å². The number of carbonyl (C=O) groups excluding carboxylic acids is 1. The Hall–Kier alpha value is -0.610. The molecule has 0 amide bonds. The Morgan fingerprint density at radius 2 is 1.41 bits per heavy atom. The fraction of sp³-hybridized carbons (Fsp3) is 0.944. The van der Waals surface area contributed by atoms with Crippen LogP contribution in [0, 0.1) is 0 Å². The zero-order valence-electron chi connectivity index (χ0n) is 14.8. The van der Waals surface area contributed by atoms with Crippen molar-refractivity contribution in [1.29, 1.82) is 0 Å². The molecule has 0 aliphatic heterocycles. The van der Waals surface area contributed by atoms with Crippen molar-refractivity contribution in [3.05, 3.63) is 0 Å². The van der Waals surface area contributed by atoms with Crippen LogP contribution in [0.25, 0.3) is 0 Å². The first-order valence-corrected chi connectivity index (χ1v) is 8.94. The molecule has 0 saturated carbocycles. The number of unbranched alkanes of at least 4 members (excludes halogenated alkanes) is 9. The van der Waals surface area contributed by atoms with Gasteiger partial charge in [0.05, 0.1) is 5.60 Å². The number of aliphatic hydroxyl groups excluding tert-OH is 1. The second kappa shape index (κ2) is 12.9. The molecule has 0 saturated heterocycles. The van der Waals surface area contributed by atoms with E-state index in [4.69, 9.17) is 4.74 Å². The number of carbonyl (C=O) groups is 1. The summed E-state index contributed by atoms with van der Waals surface area (Å²) in [7, 11) is 0. The highest BCUT2D eigenvalue weighted by atomic mass is 16.5. The van der Waals surface area contributed by atoms with E-state index in [0.717, 1.165) is 12.8 Å². The molecule has 0 fully saturated rings. The van der Waals surface area contributed by atoms with Crippen molar-refractivity contribution in [3.63, 3.8) is 0 Å². The van der Waals surface area contributed by atoms with Gasteiger partial charge in [-0.05, 0) is 20.3 Å². The Balaban J connectivity index is 3.35. The Morgan fingerprint density at radius 3 is 1.86 bits per heavy atom. The van der Waals surface area contributed by atoms with Crippen LogP contribution in [0.1, 0.15) is 91.4 Å². The summed E-state index contributed by atoms with van der Waals surface area (Å²) in [5.41, 5.74) is -1.24.